The summed E-state index contributed by atoms with van der Waals surface area (Å²) in [6.45, 7) is 2.40. The largest absolute Gasteiger partial charge is 0.481 e. The molecular formula is C33H32ClN3O4. The van der Waals surface area contributed by atoms with Crippen molar-refractivity contribution in [2.75, 3.05) is 6.54 Å². The van der Waals surface area contributed by atoms with Gasteiger partial charge in [0.1, 0.15) is 0 Å². The number of aromatic nitrogens is 1. The second kappa shape index (κ2) is 14.2. The van der Waals surface area contributed by atoms with Crippen molar-refractivity contribution in [1.29, 1.82) is 0 Å². The molecule has 0 aliphatic rings. The number of nitrogens with zero attached hydrogens (tertiary/aromatic N) is 1. The standard InChI is InChI=1S/C33H32ClN3O4/c1-2-35-33(41)28-9-4-3-7-23(28)13-17-29(37-31(38)18-19-32(39)40)25-8-5-6-22(20-25)10-15-27-16-12-24-11-14-26(34)21-30(24)36-27/h3-12,14-16,20-21,29H,2,13,17-19H2,1H3,(H,35,41)(H,37,38)(H,39,40)/b15-10+. The highest BCUT2D eigenvalue weighted by Crippen LogP contribution is 2.24. The van der Waals surface area contributed by atoms with Crippen molar-refractivity contribution in [3.05, 3.63) is 112 Å². The highest BCUT2D eigenvalue weighted by molar-refractivity contribution is 6.31. The number of aliphatic carboxylic acids is 1. The van der Waals surface area contributed by atoms with Crippen LogP contribution < -0.4 is 10.6 Å². The van der Waals surface area contributed by atoms with E-state index in [4.69, 9.17) is 16.7 Å². The fraction of sp³-hybridized carbons (Fsp3) is 0.212. The molecule has 4 aromatic rings. The molecule has 210 valence electrons. The van der Waals surface area contributed by atoms with Gasteiger partial charge in [0.15, 0.2) is 0 Å². The first-order valence-electron chi connectivity index (χ1n) is 13.5. The van der Waals surface area contributed by atoms with E-state index in [1.807, 2.05) is 91.9 Å². The van der Waals surface area contributed by atoms with Crippen molar-refractivity contribution < 1.29 is 19.5 Å². The molecule has 41 heavy (non-hydrogen) atoms. The van der Waals surface area contributed by atoms with Gasteiger partial charge in [-0.3, -0.25) is 14.4 Å². The van der Waals surface area contributed by atoms with Gasteiger partial charge in [-0.25, -0.2) is 4.98 Å². The first kappa shape index (κ1) is 29.5. The van der Waals surface area contributed by atoms with Crippen molar-refractivity contribution in [2.45, 2.75) is 38.6 Å². The monoisotopic (exact) mass is 569 g/mol. The molecule has 0 saturated heterocycles. The lowest BCUT2D eigenvalue weighted by Gasteiger charge is -2.20. The number of aryl methyl sites for hydroxylation is 1. The van der Waals surface area contributed by atoms with Gasteiger partial charge in [0.2, 0.25) is 5.91 Å². The fourth-order valence-corrected chi connectivity index (χ4v) is 4.75. The molecule has 0 spiro atoms. The van der Waals surface area contributed by atoms with E-state index < -0.39 is 5.97 Å². The summed E-state index contributed by atoms with van der Waals surface area (Å²) < 4.78 is 0. The van der Waals surface area contributed by atoms with Crippen molar-refractivity contribution in [2.24, 2.45) is 0 Å². The number of amides is 2. The molecular weight excluding hydrogens is 538 g/mol. The van der Waals surface area contributed by atoms with Crippen LogP contribution in [0.15, 0.2) is 78.9 Å². The highest BCUT2D eigenvalue weighted by Gasteiger charge is 2.18. The number of nitrogens with one attached hydrogen (secondary N) is 2. The topological polar surface area (TPSA) is 108 Å². The van der Waals surface area contributed by atoms with Gasteiger partial charge < -0.3 is 15.7 Å². The van der Waals surface area contributed by atoms with Gasteiger partial charge in [0.05, 0.1) is 23.7 Å². The predicted octanol–water partition coefficient (Wildman–Crippen LogP) is 6.46. The van der Waals surface area contributed by atoms with E-state index in [-0.39, 0.29) is 30.7 Å². The van der Waals surface area contributed by atoms with E-state index >= 15 is 0 Å². The number of carboxylic acids is 1. The van der Waals surface area contributed by atoms with Crippen molar-refractivity contribution in [3.63, 3.8) is 0 Å². The van der Waals surface area contributed by atoms with Crippen LogP contribution in [0.3, 0.4) is 0 Å². The lowest BCUT2D eigenvalue weighted by Crippen LogP contribution is -2.29. The van der Waals surface area contributed by atoms with Crippen molar-refractivity contribution >= 4 is 52.4 Å². The minimum Gasteiger partial charge on any atom is -0.481 e. The van der Waals surface area contributed by atoms with E-state index in [9.17, 15) is 14.4 Å². The minimum absolute atomic E-state index is 0.113. The maximum absolute atomic E-state index is 12.7. The summed E-state index contributed by atoms with van der Waals surface area (Å²) in [5.41, 5.74) is 4.87. The average Bonchev–Trinajstić information content (AvgIpc) is 2.97. The molecule has 3 N–H and O–H groups in total. The Labute approximate surface area is 244 Å². The third kappa shape index (κ3) is 8.50. The third-order valence-corrected chi connectivity index (χ3v) is 6.87. The first-order chi connectivity index (χ1) is 19.8. The van der Waals surface area contributed by atoms with Crippen LogP contribution in [-0.2, 0) is 16.0 Å². The molecule has 1 aromatic heterocycles. The molecule has 0 radical (unpaired) electrons. The van der Waals surface area contributed by atoms with Crippen LogP contribution in [0.2, 0.25) is 5.02 Å². The predicted molar refractivity (Wildman–Crippen MR) is 163 cm³/mol. The Kier molecular flexibility index (Phi) is 10.2. The Morgan fingerprint density at radius 1 is 0.951 bits per heavy atom. The van der Waals surface area contributed by atoms with E-state index in [2.05, 4.69) is 15.6 Å². The normalized spacial score (nSPS) is 11.9. The lowest BCUT2D eigenvalue weighted by molar-refractivity contribution is -0.138. The number of carbonyl (C=O) groups is 3. The van der Waals surface area contributed by atoms with Crippen LogP contribution in [0.25, 0.3) is 23.1 Å². The molecule has 1 unspecified atom stereocenters. The Morgan fingerprint density at radius 2 is 1.76 bits per heavy atom. The summed E-state index contributed by atoms with van der Waals surface area (Å²) >= 11 is 6.13. The number of benzene rings is 3. The highest BCUT2D eigenvalue weighted by atomic mass is 35.5. The van der Waals surface area contributed by atoms with E-state index in [1.165, 1.54) is 0 Å². The van der Waals surface area contributed by atoms with Gasteiger partial charge in [-0.15, -0.1) is 0 Å². The van der Waals surface area contributed by atoms with Gasteiger partial charge in [0.25, 0.3) is 5.91 Å². The van der Waals surface area contributed by atoms with Crippen LogP contribution in [-0.4, -0.2) is 34.4 Å². The molecule has 0 fully saturated rings. The van der Waals surface area contributed by atoms with Gasteiger partial charge >= 0.3 is 5.97 Å². The van der Waals surface area contributed by atoms with Crippen molar-refractivity contribution in [3.8, 4) is 0 Å². The van der Waals surface area contributed by atoms with Gasteiger partial charge in [0, 0.05) is 28.9 Å². The number of hydrogen-bond donors (Lipinski definition) is 3. The molecule has 1 heterocycles. The van der Waals surface area contributed by atoms with Crippen LogP contribution in [0.5, 0.6) is 0 Å². The van der Waals surface area contributed by atoms with E-state index in [1.54, 1.807) is 6.07 Å². The molecule has 3 aromatic carbocycles. The van der Waals surface area contributed by atoms with Gasteiger partial charge in [-0.2, -0.15) is 0 Å². The number of halogens is 1. The van der Waals surface area contributed by atoms with Crippen LogP contribution >= 0.6 is 11.6 Å². The molecule has 0 bridgehead atoms. The van der Waals surface area contributed by atoms with Gasteiger partial charge in [-0.1, -0.05) is 66.2 Å². The second-order valence-electron chi connectivity index (χ2n) is 9.65. The van der Waals surface area contributed by atoms with Crippen LogP contribution in [0.4, 0.5) is 0 Å². The Hall–Kier alpha value is -4.49. The quantitative estimate of drug-likeness (QED) is 0.181. The smallest absolute Gasteiger partial charge is 0.303 e. The lowest BCUT2D eigenvalue weighted by atomic mass is 9.94. The summed E-state index contributed by atoms with van der Waals surface area (Å²) in [6, 6.07) is 24.4. The zero-order valence-corrected chi connectivity index (χ0v) is 23.5. The number of rotatable bonds is 12. The number of fused-ring (bicyclic) bond motifs is 1. The molecule has 0 aliphatic carbocycles. The van der Waals surface area contributed by atoms with E-state index in [0.717, 1.165) is 33.3 Å². The summed E-state index contributed by atoms with van der Waals surface area (Å²) in [5, 5.41) is 16.5. The molecule has 2 amide bonds. The average molecular weight is 570 g/mol. The summed E-state index contributed by atoms with van der Waals surface area (Å²) in [7, 11) is 0. The molecule has 4 rings (SSSR count). The summed E-state index contributed by atoms with van der Waals surface area (Å²) in [5.74, 6) is -1.50. The first-order valence-corrected chi connectivity index (χ1v) is 13.9. The maximum atomic E-state index is 12.7. The Balaban J connectivity index is 1.56. The van der Waals surface area contributed by atoms with Crippen LogP contribution in [0, 0.1) is 0 Å². The Morgan fingerprint density at radius 3 is 2.56 bits per heavy atom. The summed E-state index contributed by atoms with van der Waals surface area (Å²) in [6.07, 6.45) is 4.58. The van der Waals surface area contributed by atoms with E-state index in [0.29, 0.717) is 30.0 Å². The number of carbonyl (C=O) groups excluding carboxylic acids is 2. The molecule has 7 nitrogen and oxygen atoms in total. The van der Waals surface area contributed by atoms with Crippen LogP contribution in [0.1, 0.15) is 65.0 Å². The zero-order chi connectivity index (χ0) is 29.2. The SMILES string of the molecule is CCNC(=O)c1ccccc1CCC(NC(=O)CCC(=O)O)c1cccc(/C=C/c2ccc3ccc(Cl)cc3n2)c1. The third-order valence-electron chi connectivity index (χ3n) is 6.64. The number of hydrogen-bond acceptors (Lipinski definition) is 4. The molecule has 0 saturated carbocycles. The zero-order valence-electron chi connectivity index (χ0n) is 22.8. The molecule has 1 atom stereocenters. The molecule has 8 heteroatoms. The van der Waals surface area contributed by atoms with Crippen molar-refractivity contribution in [1.82, 2.24) is 15.6 Å². The summed E-state index contributed by atoms with van der Waals surface area (Å²) in [4.78, 5) is 40.9. The number of pyridine rings is 1. The number of carboxylic acid groups (broad SMARTS) is 1. The van der Waals surface area contributed by atoms with Gasteiger partial charge in [-0.05, 0) is 72.9 Å². The minimum atomic E-state index is -1.02. The fourth-order valence-electron chi connectivity index (χ4n) is 4.58. The maximum Gasteiger partial charge on any atom is 0.303 e. The molecule has 0 aliphatic heterocycles. The Bertz CT molecular complexity index is 1580. The second-order valence-corrected chi connectivity index (χ2v) is 10.1.